The van der Waals surface area contributed by atoms with Crippen molar-refractivity contribution in [1.82, 2.24) is 14.8 Å². The SMILES string of the molecule is CC1Cc2ncc3c(=O)n(-c4ccc(Cl)cc4)[nH]c3c2C(C)C1. The van der Waals surface area contributed by atoms with Gasteiger partial charge in [0.05, 0.1) is 16.6 Å². The Morgan fingerprint density at radius 1 is 1.26 bits per heavy atom. The van der Waals surface area contributed by atoms with Gasteiger partial charge in [-0.3, -0.25) is 14.9 Å². The van der Waals surface area contributed by atoms with Gasteiger partial charge in [0, 0.05) is 22.5 Å². The second-order valence-electron chi connectivity index (χ2n) is 6.58. The molecule has 2 aromatic heterocycles. The minimum absolute atomic E-state index is 0.0663. The highest BCUT2D eigenvalue weighted by molar-refractivity contribution is 6.30. The summed E-state index contributed by atoms with van der Waals surface area (Å²) >= 11 is 5.94. The Labute approximate surface area is 139 Å². The Bertz CT molecular complexity index is 939. The second-order valence-corrected chi connectivity index (χ2v) is 7.02. The molecule has 2 heterocycles. The maximum atomic E-state index is 12.7. The Hall–Kier alpha value is -2.07. The van der Waals surface area contributed by atoms with E-state index < -0.39 is 0 Å². The molecule has 0 amide bonds. The van der Waals surface area contributed by atoms with E-state index in [9.17, 15) is 4.79 Å². The number of fused-ring (bicyclic) bond motifs is 3. The van der Waals surface area contributed by atoms with Crippen LogP contribution in [0.1, 0.15) is 37.4 Å². The van der Waals surface area contributed by atoms with E-state index in [1.54, 1.807) is 23.0 Å². The number of aromatic nitrogens is 3. The van der Waals surface area contributed by atoms with Crippen molar-refractivity contribution in [3.63, 3.8) is 0 Å². The smallest absolute Gasteiger partial charge is 0.280 e. The molecule has 23 heavy (non-hydrogen) atoms. The molecule has 0 saturated heterocycles. The number of aromatic amines is 1. The van der Waals surface area contributed by atoms with Gasteiger partial charge in [0.25, 0.3) is 5.56 Å². The summed E-state index contributed by atoms with van der Waals surface area (Å²) in [5, 5.41) is 4.60. The Morgan fingerprint density at radius 3 is 2.74 bits per heavy atom. The number of H-pyrrole nitrogens is 1. The molecule has 1 N–H and O–H groups in total. The van der Waals surface area contributed by atoms with E-state index in [2.05, 4.69) is 23.9 Å². The van der Waals surface area contributed by atoms with Crippen LogP contribution >= 0.6 is 11.6 Å². The third-order valence-corrected chi connectivity index (χ3v) is 4.98. The van der Waals surface area contributed by atoms with Gasteiger partial charge in [-0.15, -0.1) is 0 Å². The lowest BCUT2D eigenvalue weighted by molar-refractivity contribution is 0.444. The first-order chi connectivity index (χ1) is 11.0. The minimum Gasteiger partial charge on any atom is -0.290 e. The Balaban J connectivity index is 1.96. The van der Waals surface area contributed by atoms with Crippen LogP contribution in [0.5, 0.6) is 0 Å². The predicted molar refractivity (Wildman–Crippen MR) is 92.6 cm³/mol. The number of rotatable bonds is 1. The molecule has 3 aromatic rings. The molecule has 0 radical (unpaired) electrons. The number of hydrogen-bond acceptors (Lipinski definition) is 2. The van der Waals surface area contributed by atoms with E-state index in [4.69, 9.17) is 11.6 Å². The maximum absolute atomic E-state index is 12.7. The van der Waals surface area contributed by atoms with Gasteiger partial charge in [0.1, 0.15) is 0 Å². The summed E-state index contributed by atoms with van der Waals surface area (Å²) in [6, 6.07) is 7.24. The summed E-state index contributed by atoms with van der Waals surface area (Å²) in [6.45, 7) is 4.47. The molecule has 2 atom stereocenters. The number of halogens is 1. The highest BCUT2D eigenvalue weighted by Gasteiger charge is 2.26. The molecule has 1 aliphatic rings. The molecule has 118 valence electrons. The summed E-state index contributed by atoms with van der Waals surface area (Å²) in [5.74, 6) is 1.04. The summed E-state index contributed by atoms with van der Waals surface area (Å²) < 4.78 is 1.58. The van der Waals surface area contributed by atoms with Crippen molar-refractivity contribution < 1.29 is 0 Å². The summed E-state index contributed by atoms with van der Waals surface area (Å²) in [7, 11) is 0. The molecule has 0 bridgehead atoms. The molecule has 1 aromatic carbocycles. The third-order valence-electron chi connectivity index (χ3n) is 4.73. The molecule has 2 unspecified atom stereocenters. The molecule has 1 aliphatic carbocycles. The largest absolute Gasteiger partial charge is 0.290 e. The molecule has 0 fully saturated rings. The van der Waals surface area contributed by atoms with Gasteiger partial charge in [-0.05, 0) is 48.9 Å². The van der Waals surface area contributed by atoms with Crippen LogP contribution in [0, 0.1) is 5.92 Å². The van der Waals surface area contributed by atoms with E-state index in [1.807, 2.05) is 12.1 Å². The van der Waals surface area contributed by atoms with E-state index in [0.717, 1.165) is 29.7 Å². The highest BCUT2D eigenvalue weighted by Crippen LogP contribution is 2.36. The lowest BCUT2D eigenvalue weighted by atomic mass is 9.80. The van der Waals surface area contributed by atoms with E-state index >= 15 is 0 Å². The van der Waals surface area contributed by atoms with Crippen LogP contribution in [0.15, 0.2) is 35.3 Å². The van der Waals surface area contributed by atoms with Gasteiger partial charge < -0.3 is 0 Å². The van der Waals surface area contributed by atoms with E-state index in [1.165, 1.54) is 5.56 Å². The van der Waals surface area contributed by atoms with Crippen LogP contribution in [0.25, 0.3) is 16.6 Å². The zero-order valence-corrected chi connectivity index (χ0v) is 13.9. The molecular weight excluding hydrogens is 310 g/mol. The van der Waals surface area contributed by atoms with Crippen LogP contribution in [0.3, 0.4) is 0 Å². The molecule has 5 heteroatoms. The van der Waals surface area contributed by atoms with Gasteiger partial charge in [0.2, 0.25) is 0 Å². The van der Waals surface area contributed by atoms with Crippen LogP contribution in [-0.2, 0) is 6.42 Å². The maximum Gasteiger partial charge on any atom is 0.280 e. The molecule has 0 aliphatic heterocycles. The number of nitrogens with zero attached hydrogens (tertiary/aromatic N) is 2. The molecule has 4 nitrogen and oxygen atoms in total. The monoisotopic (exact) mass is 327 g/mol. The molecule has 4 rings (SSSR count). The summed E-state index contributed by atoms with van der Waals surface area (Å²) in [5.41, 5.74) is 3.96. The Morgan fingerprint density at radius 2 is 2.00 bits per heavy atom. The van der Waals surface area contributed by atoms with Gasteiger partial charge >= 0.3 is 0 Å². The summed E-state index contributed by atoms with van der Waals surface area (Å²) in [6.07, 6.45) is 3.82. The quantitative estimate of drug-likeness (QED) is 0.733. The average Bonchev–Trinajstić information content (AvgIpc) is 2.84. The number of nitrogens with one attached hydrogen (secondary N) is 1. The van der Waals surface area contributed by atoms with Gasteiger partial charge in [-0.25, -0.2) is 4.68 Å². The first-order valence-electron chi connectivity index (χ1n) is 7.93. The molecular formula is C18H18ClN3O. The summed E-state index contributed by atoms with van der Waals surface area (Å²) in [4.78, 5) is 17.3. The van der Waals surface area contributed by atoms with E-state index in [-0.39, 0.29) is 5.56 Å². The predicted octanol–water partition coefficient (Wildman–Crippen LogP) is 4.05. The highest BCUT2D eigenvalue weighted by atomic mass is 35.5. The normalized spacial score (nSPS) is 20.7. The van der Waals surface area contributed by atoms with Crippen molar-refractivity contribution in [2.45, 2.75) is 32.6 Å². The molecule has 0 spiro atoms. The topological polar surface area (TPSA) is 50.7 Å². The average molecular weight is 328 g/mol. The van der Waals surface area contributed by atoms with Gasteiger partial charge in [-0.1, -0.05) is 25.4 Å². The first-order valence-corrected chi connectivity index (χ1v) is 8.31. The van der Waals surface area contributed by atoms with Crippen LogP contribution in [0.4, 0.5) is 0 Å². The van der Waals surface area contributed by atoms with Crippen LogP contribution in [-0.4, -0.2) is 14.8 Å². The zero-order valence-electron chi connectivity index (χ0n) is 13.1. The fraction of sp³-hybridized carbons (Fsp3) is 0.333. The minimum atomic E-state index is -0.0663. The van der Waals surface area contributed by atoms with Crippen molar-refractivity contribution >= 4 is 22.5 Å². The van der Waals surface area contributed by atoms with E-state index in [0.29, 0.717) is 22.2 Å². The lowest BCUT2D eigenvalue weighted by Gasteiger charge is -2.26. The van der Waals surface area contributed by atoms with Gasteiger partial charge in [0.15, 0.2) is 0 Å². The fourth-order valence-corrected chi connectivity index (χ4v) is 3.86. The Kier molecular flexibility index (Phi) is 3.31. The standard InChI is InChI=1S/C18H18ClN3O/c1-10-7-11(2)16-15(8-10)20-9-14-17(16)21-22(18(14)23)13-5-3-12(19)4-6-13/h3-6,9-11,21H,7-8H2,1-2H3. The number of benzene rings is 1. The van der Waals surface area contributed by atoms with Crippen molar-refractivity contribution in [1.29, 1.82) is 0 Å². The number of pyridine rings is 1. The first kappa shape index (κ1) is 14.5. The van der Waals surface area contributed by atoms with Gasteiger partial charge in [-0.2, -0.15) is 0 Å². The van der Waals surface area contributed by atoms with Crippen molar-refractivity contribution in [3.05, 3.63) is 57.1 Å². The van der Waals surface area contributed by atoms with Crippen LogP contribution in [0.2, 0.25) is 5.02 Å². The van der Waals surface area contributed by atoms with Crippen molar-refractivity contribution in [2.75, 3.05) is 0 Å². The fourth-order valence-electron chi connectivity index (χ4n) is 3.73. The molecule has 0 saturated carbocycles. The number of hydrogen-bond donors (Lipinski definition) is 1. The van der Waals surface area contributed by atoms with Crippen molar-refractivity contribution in [3.8, 4) is 5.69 Å². The van der Waals surface area contributed by atoms with Crippen molar-refractivity contribution in [2.24, 2.45) is 5.92 Å². The second kappa shape index (κ2) is 5.24. The third kappa shape index (κ3) is 2.29. The zero-order chi connectivity index (χ0) is 16.1. The lowest BCUT2D eigenvalue weighted by Crippen LogP contribution is -2.17. The van der Waals surface area contributed by atoms with Crippen LogP contribution < -0.4 is 5.56 Å².